The summed E-state index contributed by atoms with van der Waals surface area (Å²) in [6.07, 6.45) is 1.25. The van der Waals surface area contributed by atoms with Crippen LogP contribution in [0.3, 0.4) is 0 Å². The van der Waals surface area contributed by atoms with Crippen molar-refractivity contribution in [1.29, 1.82) is 5.26 Å². The standard InChI is InChI=1S/C20H23N5O2/c1-20(2,3)27-19(26)25-11-9-24(10-12-25)18-16(13-21)14-22-17(23-18)15-7-5-4-6-8-15/h4-8,14H,9-12H2,1-3H3. The highest BCUT2D eigenvalue weighted by Gasteiger charge is 2.27. The summed E-state index contributed by atoms with van der Waals surface area (Å²) in [4.78, 5) is 24.9. The van der Waals surface area contributed by atoms with Gasteiger partial charge in [-0.2, -0.15) is 5.26 Å². The van der Waals surface area contributed by atoms with E-state index in [4.69, 9.17) is 4.74 Å². The molecule has 1 aromatic carbocycles. The Hall–Kier alpha value is -3.14. The molecule has 3 rings (SSSR count). The highest BCUT2D eigenvalue weighted by Crippen LogP contribution is 2.23. The second kappa shape index (κ2) is 7.62. The number of anilines is 1. The minimum atomic E-state index is -0.514. The third kappa shape index (κ3) is 4.53. The van der Waals surface area contributed by atoms with Crippen LogP contribution in [0.25, 0.3) is 11.4 Å². The van der Waals surface area contributed by atoms with E-state index in [1.807, 2.05) is 56.0 Å². The number of nitrogens with zero attached hydrogens (tertiary/aromatic N) is 5. The van der Waals surface area contributed by atoms with Crippen LogP contribution >= 0.6 is 0 Å². The molecule has 7 nitrogen and oxygen atoms in total. The maximum Gasteiger partial charge on any atom is 0.410 e. The van der Waals surface area contributed by atoms with E-state index in [0.29, 0.717) is 43.4 Å². The average molecular weight is 365 g/mol. The summed E-state index contributed by atoms with van der Waals surface area (Å²) in [6.45, 7) is 7.76. The number of hydrogen-bond acceptors (Lipinski definition) is 6. The van der Waals surface area contributed by atoms with E-state index in [-0.39, 0.29) is 6.09 Å². The SMILES string of the molecule is CC(C)(C)OC(=O)N1CCN(c2nc(-c3ccccc3)ncc2C#N)CC1. The number of carbonyl (C=O) groups excluding carboxylic acids is 1. The molecule has 0 N–H and O–H groups in total. The molecule has 0 unspecified atom stereocenters. The molecule has 0 atom stereocenters. The highest BCUT2D eigenvalue weighted by molar-refractivity contribution is 5.69. The third-order valence-corrected chi connectivity index (χ3v) is 4.15. The smallest absolute Gasteiger partial charge is 0.410 e. The van der Waals surface area contributed by atoms with Gasteiger partial charge in [-0.3, -0.25) is 0 Å². The number of carbonyl (C=O) groups is 1. The lowest BCUT2D eigenvalue weighted by Gasteiger charge is -2.36. The number of ether oxygens (including phenoxy) is 1. The van der Waals surface area contributed by atoms with Crippen molar-refractivity contribution < 1.29 is 9.53 Å². The van der Waals surface area contributed by atoms with Crippen LogP contribution in [-0.4, -0.2) is 52.7 Å². The zero-order valence-electron chi connectivity index (χ0n) is 15.8. The van der Waals surface area contributed by atoms with Crippen LogP contribution in [0.4, 0.5) is 10.6 Å². The van der Waals surface area contributed by atoms with Gasteiger partial charge >= 0.3 is 6.09 Å². The molecule has 0 saturated carbocycles. The van der Waals surface area contributed by atoms with Gasteiger partial charge in [0.1, 0.15) is 17.2 Å². The van der Waals surface area contributed by atoms with Crippen LogP contribution in [0.2, 0.25) is 0 Å². The van der Waals surface area contributed by atoms with Crippen molar-refractivity contribution in [1.82, 2.24) is 14.9 Å². The van der Waals surface area contributed by atoms with Crippen LogP contribution in [0, 0.1) is 11.3 Å². The fourth-order valence-electron chi connectivity index (χ4n) is 2.85. The Kier molecular flexibility index (Phi) is 5.26. The molecule has 1 aliphatic heterocycles. The summed E-state index contributed by atoms with van der Waals surface area (Å²) in [5.74, 6) is 1.19. The lowest BCUT2D eigenvalue weighted by Crippen LogP contribution is -2.50. The largest absolute Gasteiger partial charge is 0.444 e. The molecule has 27 heavy (non-hydrogen) atoms. The van der Waals surface area contributed by atoms with Gasteiger partial charge in [0, 0.05) is 31.7 Å². The summed E-state index contributed by atoms with van der Waals surface area (Å²) in [5.41, 5.74) is 0.815. The highest BCUT2D eigenvalue weighted by atomic mass is 16.6. The number of aromatic nitrogens is 2. The zero-order valence-corrected chi connectivity index (χ0v) is 15.8. The van der Waals surface area contributed by atoms with E-state index in [2.05, 4.69) is 16.0 Å². The maximum atomic E-state index is 12.2. The fourth-order valence-corrected chi connectivity index (χ4v) is 2.85. The predicted octanol–water partition coefficient (Wildman–Crippen LogP) is 3.07. The van der Waals surface area contributed by atoms with Crippen molar-refractivity contribution >= 4 is 11.9 Å². The monoisotopic (exact) mass is 365 g/mol. The lowest BCUT2D eigenvalue weighted by atomic mass is 10.2. The second-order valence-corrected chi connectivity index (χ2v) is 7.36. The Labute approximate surface area is 159 Å². The molecule has 1 amide bonds. The van der Waals surface area contributed by atoms with Crippen LogP contribution in [0.1, 0.15) is 26.3 Å². The van der Waals surface area contributed by atoms with E-state index in [9.17, 15) is 10.1 Å². The summed E-state index contributed by atoms with van der Waals surface area (Å²) in [5, 5.41) is 9.44. The van der Waals surface area contributed by atoms with Gasteiger partial charge < -0.3 is 14.5 Å². The van der Waals surface area contributed by atoms with Crippen LogP contribution in [0.5, 0.6) is 0 Å². The molecule has 0 spiro atoms. The first-order chi connectivity index (χ1) is 12.9. The number of amides is 1. The second-order valence-electron chi connectivity index (χ2n) is 7.36. The van der Waals surface area contributed by atoms with E-state index in [0.717, 1.165) is 5.56 Å². The molecule has 1 saturated heterocycles. The Bertz CT molecular complexity index is 847. The first-order valence-corrected chi connectivity index (χ1v) is 8.93. The fraction of sp³-hybridized carbons (Fsp3) is 0.400. The van der Waals surface area contributed by atoms with Gasteiger partial charge in [0.15, 0.2) is 11.6 Å². The molecule has 1 fully saturated rings. The van der Waals surface area contributed by atoms with Gasteiger partial charge in [-0.15, -0.1) is 0 Å². The average Bonchev–Trinajstić information content (AvgIpc) is 2.67. The molecule has 0 radical (unpaired) electrons. The predicted molar refractivity (Wildman–Crippen MR) is 102 cm³/mol. The van der Waals surface area contributed by atoms with Gasteiger partial charge in [-0.25, -0.2) is 14.8 Å². The minimum Gasteiger partial charge on any atom is -0.444 e. The van der Waals surface area contributed by atoms with Crippen LogP contribution in [0.15, 0.2) is 36.5 Å². The molecular formula is C20H23N5O2. The van der Waals surface area contributed by atoms with Gasteiger partial charge in [0.05, 0.1) is 6.20 Å². The number of piperazine rings is 1. The minimum absolute atomic E-state index is 0.310. The Morgan fingerprint density at radius 2 is 1.81 bits per heavy atom. The molecule has 0 aliphatic carbocycles. The van der Waals surface area contributed by atoms with Crippen molar-refractivity contribution in [3.05, 3.63) is 42.1 Å². The lowest BCUT2D eigenvalue weighted by molar-refractivity contribution is 0.0240. The number of hydrogen-bond donors (Lipinski definition) is 0. The maximum absolute atomic E-state index is 12.2. The molecule has 140 valence electrons. The van der Waals surface area contributed by atoms with Gasteiger partial charge in [-0.1, -0.05) is 30.3 Å². The normalized spacial score (nSPS) is 14.6. The van der Waals surface area contributed by atoms with Crippen molar-refractivity contribution in [3.63, 3.8) is 0 Å². The Balaban J connectivity index is 1.76. The summed E-state index contributed by atoms with van der Waals surface area (Å²) >= 11 is 0. The molecule has 7 heteroatoms. The zero-order chi connectivity index (χ0) is 19.4. The molecular weight excluding hydrogens is 342 g/mol. The van der Waals surface area contributed by atoms with Gasteiger partial charge in [-0.05, 0) is 20.8 Å². The first-order valence-electron chi connectivity index (χ1n) is 8.93. The van der Waals surface area contributed by atoms with E-state index in [1.165, 1.54) is 0 Å². The topological polar surface area (TPSA) is 82.3 Å². The van der Waals surface area contributed by atoms with E-state index < -0.39 is 5.60 Å². The van der Waals surface area contributed by atoms with Crippen molar-refractivity contribution in [2.24, 2.45) is 0 Å². The molecule has 2 heterocycles. The Morgan fingerprint density at radius 1 is 1.15 bits per heavy atom. The number of rotatable bonds is 2. The Morgan fingerprint density at radius 3 is 2.41 bits per heavy atom. The molecule has 1 aromatic heterocycles. The van der Waals surface area contributed by atoms with Crippen LogP contribution in [-0.2, 0) is 4.74 Å². The van der Waals surface area contributed by atoms with Crippen LogP contribution < -0.4 is 4.90 Å². The van der Waals surface area contributed by atoms with Gasteiger partial charge in [0.25, 0.3) is 0 Å². The molecule has 0 bridgehead atoms. The summed E-state index contributed by atoms with van der Waals surface area (Å²) in [6, 6.07) is 11.8. The van der Waals surface area contributed by atoms with Gasteiger partial charge in [0.2, 0.25) is 0 Å². The third-order valence-electron chi connectivity index (χ3n) is 4.15. The first kappa shape index (κ1) is 18.6. The molecule has 1 aliphatic rings. The molecule has 2 aromatic rings. The number of nitriles is 1. The summed E-state index contributed by atoms with van der Waals surface area (Å²) in [7, 11) is 0. The van der Waals surface area contributed by atoms with Crippen molar-refractivity contribution in [2.45, 2.75) is 26.4 Å². The van der Waals surface area contributed by atoms with E-state index >= 15 is 0 Å². The van der Waals surface area contributed by atoms with E-state index in [1.54, 1.807) is 11.1 Å². The quantitative estimate of drug-likeness (QED) is 0.813. The number of benzene rings is 1. The van der Waals surface area contributed by atoms with Crippen molar-refractivity contribution in [2.75, 3.05) is 31.1 Å². The van der Waals surface area contributed by atoms with Crippen molar-refractivity contribution in [3.8, 4) is 17.5 Å². The summed E-state index contributed by atoms with van der Waals surface area (Å²) < 4.78 is 5.43.